The SMILES string of the molecule is C[O-].C[O-].[CH2]=[Ti+2]([CH]1C=Cc2ccccc21)[CH]1C=Cc2ccccc21. The number of benzene rings is 2. The van der Waals surface area contributed by atoms with Gasteiger partial charge in [-0.1, -0.05) is 0 Å². The second-order valence-electron chi connectivity index (χ2n) is 5.51. The van der Waals surface area contributed by atoms with Crippen LogP contribution < -0.4 is 10.2 Å². The fourth-order valence-corrected chi connectivity index (χ4v) is 7.08. The van der Waals surface area contributed by atoms with E-state index in [1.807, 2.05) is 0 Å². The molecule has 2 atom stereocenters. The van der Waals surface area contributed by atoms with Crippen LogP contribution in [0, 0.1) is 0 Å². The first-order chi connectivity index (χ1) is 11.8. The Balaban J connectivity index is 0.000000487. The van der Waals surface area contributed by atoms with E-state index >= 15 is 0 Å². The van der Waals surface area contributed by atoms with Gasteiger partial charge in [0.25, 0.3) is 0 Å². The van der Waals surface area contributed by atoms with Gasteiger partial charge in [0.2, 0.25) is 0 Å². The van der Waals surface area contributed by atoms with Crippen LogP contribution >= 0.6 is 0 Å². The molecule has 0 saturated carbocycles. The molecule has 2 aliphatic carbocycles. The molecule has 0 fully saturated rings. The van der Waals surface area contributed by atoms with E-state index < -0.39 is 17.4 Å². The third kappa shape index (κ3) is 3.58. The molecular formula is C21H22O2Ti. The van der Waals surface area contributed by atoms with E-state index in [2.05, 4.69) is 77.7 Å². The molecule has 0 heterocycles. The molecule has 0 bridgehead atoms. The monoisotopic (exact) mass is 354 g/mol. The molecule has 2 aromatic rings. The fraction of sp³-hybridized carbons (Fsp3) is 0.190. The normalized spacial score (nSPS) is 18.3. The van der Waals surface area contributed by atoms with Crippen molar-refractivity contribution in [2.24, 2.45) is 0 Å². The standard InChI is InChI=1S/2C9H7.2CH3O.CH2.Ti/c2*1-2-5-9-7-3-6-8(9)4-1;2*1-2;;/h2*1-7H;2*1H3;1H2;/q;;2*-1;;+2. The average Bonchev–Trinajstić information content (AvgIpc) is 3.29. The summed E-state index contributed by atoms with van der Waals surface area (Å²) in [4.78, 5) is 4.66. The number of hydrogen-bond acceptors (Lipinski definition) is 2. The van der Waals surface area contributed by atoms with Gasteiger partial charge in [0.1, 0.15) is 0 Å². The molecule has 2 nitrogen and oxygen atoms in total. The maximum atomic E-state index is 8.25. The van der Waals surface area contributed by atoms with E-state index in [9.17, 15) is 0 Å². The van der Waals surface area contributed by atoms with Gasteiger partial charge in [-0.2, -0.15) is 14.2 Å². The summed E-state index contributed by atoms with van der Waals surface area (Å²) in [5.41, 5.74) is 5.77. The Kier molecular flexibility index (Phi) is 7.07. The number of allylic oxidation sites excluding steroid dienone is 2. The summed E-state index contributed by atoms with van der Waals surface area (Å²) in [6.45, 7) is 0. The van der Waals surface area contributed by atoms with Gasteiger partial charge in [0, 0.05) is 0 Å². The van der Waals surface area contributed by atoms with Crippen molar-refractivity contribution >= 4 is 17.0 Å². The predicted molar refractivity (Wildman–Crippen MR) is 95.4 cm³/mol. The van der Waals surface area contributed by atoms with Crippen LogP contribution in [0.15, 0.2) is 60.7 Å². The summed E-state index contributed by atoms with van der Waals surface area (Å²) in [6, 6.07) is 17.6. The Labute approximate surface area is 150 Å². The zero-order chi connectivity index (χ0) is 17.5. The molecule has 2 aromatic carbocycles. The first-order valence-corrected chi connectivity index (χ1v) is 10.8. The van der Waals surface area contributed by atoms with Crippen molar-refractivity contribution in [1.82, 2.24) is 0 Å². The van der Waals surface area contributed by atoms with Crippen molar-refractivity contribution < 1.29 is 27.6 Å². The molecule has 0 saturated heterocycles. The maximum absolute atomic E-state index is 8.25. The molecule has 2 aliphatic rings. The second-order valence-corrected chi connectivity index (χ2v) is 9.24. The number of fused-ring (bicyclic) bond motifs is 2. The van der Waals surface area contributed by atoms with Crippen molar-refractivity contribution in [1.29, 1.82) is 0 Å². The summed E-state index contributed by atoms with van der Waals surface area (Å²) in [5, 5.41) is 16.5. The molecule has 24 heavy (non-hydrogen) atoms. The van der Waals surface area contributed by atoms with E-state index in [1.165, 1.54) is 22.3 Å². The van der Waals surface area contributed by atoms with Crippen LogP contribution in [0.4, 0.5) is 0 Å². The second kappa shape index (κ2) is 9.05. The quantitative estimate of drug-likeness (QED) is 0.778. The first kappa shape index (κ1) is 18.8. The van der Waals surface area contributed by atoms with Gasteiger partial charge < -0.3 is 10.2 Å². The molecule has 0 radical (unpaired) electrons. The van der Waals surface area contributed by atoms with E-state index in [-0.39, 0.29) is 0 Å². The third-order valence-corrected chi connectivity index (χ3v) is 8.47. The van der Waals surface area contributed by atoms with E-state index in [1.54, 1.807) is 0 Å². The summed E-state index contributed by atoms with van der Waals surface area (Å²) in [7, 11) is 1.50. The molecule has 122 valence electrons. The van der Waals surface area contributed by atoms with E-state index in [0.717, 1.165) is 14.2 Å². The Morgan fingerprint density at radius 1 is 0.708 bits per heavy atom. The van der Waals surface area contributed by atoms with Crippen LogP contribution in [0.1, 0.15) is 30.7 Å². The van der Waals surface area contributed by atoms with Gasteiger partial charge in [-0.3, -0.25) is 0 Å². The molecule has 4 rings (SSSR count). The first-order valence-electron chi connectivity index (χ1n) is 7.89. The van der Waals surface area contributed by atoms with Crippen LogP contribution in [-0.4, -0.2) is 19.0 Å². The zero-order valence-corrected chi connectivity index (χ0v) is 15.7. The van der Waals surface area contributed by atoms with Crippen molar-refractivity contribution in [3.05, 3.63) is 82.9 Å². The minimum absolute atomic E-state index is 0.590. The fourth-order valence-electron chi connectivity index (χ4n) is 3.34. The van der Waals surface area contributed by atoms with Crippen LogP contribution in [0.5, 0.6) is 0 Å². The molecule has 2 unspecified atom stereocenters. The Morgan fingerprint density at radius 3 is 1.50 bits per heavy atom. The van der Waals surface area contributed by atoms with Crippen molar-refractivity contribution in [3.8, 4) is 0 Å². The van der Waals surface area contributed by atoms with Gasteiger partial charge >= 0.3 is 126 Å². The van der Waals surface area contributed by atoms with Crippen LogP contribution in [0.3, 0.4) is 0 Å². The van der Waals surface area contributed by atoms with Crippen molar-refractivity contribution in [2.45, 2.75) is 8.45 Å². The van der Waals surface area contributed by atoms with Gasteiger partial charge in [-0.15, -0.1) is 0 Å². The average molecular weight is 354 g/mol. The van der Waals surface area contributed by atoms with Gasteiger partial charge in [0.15, 0.2) is 0 Å². The van der Waals surface area contributed by atoms with Gasteiger partial charge in [-0.25, -0.2) is 0 Å². The topological polar surface area (TPSA) is 46.1 Å². The molecule has 0 spiro atoms. The predicted octanol–water partition coefficient (Wildman–Crippen LogP) is 2.53. The molecule has 3 heteroatoms. The Bertz CT molecular complexity index is 698. The molecular weight excluding hydrogens is 332 g/mol. The summed E-state index contributed by atoms with van der Waals surface area (Å²) in [6.07, 6.45) is 9.34. The zero-order valence-electron chi connectivity index (χ0n) is 14.1. The number of rotatable bonds is 2. The van der Waals surface area contributed by atoms with Crippen molar-refractivity contribution in [3.63, 3.8) is 0 Å². The summed E-state index contributed by atoms with van der Waals surface area (Å²) >= 11 is -1.51. The van der Waals surface area contributed by atoms with E-state index in [4.69, 9.17) is 10.2 Å². The van der Waals surface area contributed by atoms with Gasteiger partial charge in [0.05, 0.1) is 0 Å². The van der Waals surface area contributed by atoms with Crippen LogP contribution in [0.2, 0.25) is 0 Å². The molecule has 0 N–H and O–H groups in total. The Hall–Kier alpha value is -1.58. The third-order valence-electron chi connectivity index (χ3n) is 4.40. The molecule has 0 amide bonds. The van der Waals surface area contributed by atoms with Crippen LogP contribution in [0.25, 0.3) is 12.2 Å². The summed E-state index contributed by atoms with van der Waals surface area (Å²) in [5.74, 6) is 0. The van der Waals surface area contributed by atoms with E-state index in [0.29, 0.717) is 8.45 Å². The minimum atomic E-state index is -1.51. The van der Waals surface area contributed by atoms with Crippen molar-refractivity contribution in [2.75, 3.05) is 14.2 Å². The van der Waals surface area contributed by atoms with Crippen LogP contribution in [-0.2, 0) is 17.4 Å². The van der Waals surface area contributed by atoms with Gasteiger partial charge in [-0.05, 0) is 0 Å². The number of hydrogen-bond donors (Lipinski definition) is 0. The summed E-state index contributed by atoms with van der Waals surface area (Å²) < 4.78 is 1.18. The molecule has 0 aromatic heterocycles. The molecule has 0 aliphatic heterocycles. The Morgan fingerprint density at radius 2 is 1.08 bits per heavy atom.